The molecule has 3 aromatic rings. The molecule has 3 rings (SSSR count). The lowest BCUT2D eigenvalue weighted by Gasteiger charge is -1.96. The Kier molecular flexibility index (Phi) is 3.08. The zero-order valence-electron chi connectivity index (χ0n) is 9.54. The summed E-state index contributed by atoms with van der Waals surface area (Å²) in [5.41, 5.74) is 8.69. The third kappa shape index (κ3) is 2.42. The molecule has 1 aromatic carbocycles. The van der Waals surface area contributed by atoms with Crippen LogP contribution in [0.4, 0.5) is 5.13 Å². The molecule has 0 aliphatic rings. The molecule has 0 spiro atoms. The third-order valence-corrected chi connectivity index (χ3v) is 4.06. The fraction of sp³-hybridized carbons (Fsp3) is 0.0769. The van der Waals surface area contributed by atoms with Crippen molar-refractivity contribution in [3.8, 4) is 11.4 Å². The maximum absolute atomic E-state index is 5.63. The van der Waals surface area contributed by atoms with E-state index in [0.29, 0.717) is 5.13 Å². The van der Waals surface area contributed by atoms with Crippen molar-refractivity contribution in [1.82, 2.24) is 9.97 Å². The molecule has 90 valence electrons. The van der Waals surface area contributed by atoms with Gasteiger partial charge in [0.05, 0.1) is 5.01 Å². The van der Waals surface area contributed by atoms with Gasteiger partial charge in [-0.2, -0.15) is 0 Å². The zero-order chi connectivity index (χ0) is 12.4. The first-order valence-corrected chi connectivity index (χ1v) is 7.27. The van der Waals surface area contributed by atoms with E-state index in [2.05, 4.69) is 22.1 Å². The van der Waals surface area contributed by atoms with E-state index in [-0.39, 0.29) is 0 Å². The quantitative estimate of drug-likeness (QED) is 0.795. The summed E-state index contributed by atoms with van der Waals surface area (Å²) < 4.78 is 0. The standard InChI is InChI=1S/C13H11N3S2/c14-13-16-11(8-18-13)10-7-17-12(15-10)6-9-4-2-1-3-5-9/h1-5,7-8H,6H2,(H2,14,16). The average Bonchev–Trinajstić information content (AvgIpc) is 2.99. The highest BCUT2D eigenvalue weighted by Gasteiger charge is 2.08. The van der Waals surface area contributed by atoms with Gasteiger partial charge in [-0.3, -0.25) is 0 Å². The molecular formula is C13H11N3S2. The fourth-order valence-corrected chi connectivity index (χ4v) is 3.06. The van der Waals surface area contributed by atoms with Gasteiger partial charge in [0.15, 0.2) is 5.13 Å². The lowest BCUT2D eigenvalue weighted by Crippen LogP contribution is -1.87. The van der Waals surface area contributed by atoms with Gasteiger partial charge in [0, 0.05) is 17.2 Å². The highest BCUT2D eigenvalue weighted by Crippen LogP contribution is 2.25. The first-order chi connectivity index (χ1) is 8.81. The van der Waals surface area contributed by atoms with Crippen molar-refractivity contribution < 1.29 is 0 Å². The molecule has 18 heavy (non-hydrogen) atoms. The molecule has 0 aliphatic carbocycles. The molecule has 0 amide bonds. The minimum Gasteiger partial charge on any atom is -0.375 e. The number of anilines is 1. The number of nitrogens with zero attached hydrogens (tertiary/aromatic N) is 2. The molecule has 5 heteroatoms. The number of nitrogens with two attached hydrogens (primary N) is 1. The van der Waals surface area contributed by atoms with Gasteiger partial charge >= 0.3 is 0 Å². The van der Waals surface area contributed by atoms with Gasteiger partial charge in [-0.05, 0) is 5.56 Å². The van der Waals surface area contributed by atoms with Gasteiger partial charge in [-0.15, -0.1) is 22.7 Å². The smallest absolute Gasteiger partial charge is 0.180 e. The van der Waals surface area contributed by atoms with E-state index >= 15 is 0 Å². The Bertz CT molecular complexity index is 643. The lowest BCUT2D eigenvalue weighted by molar-refractivity contribution is 1.14. The molecule has 3 nitrogen and oxygen atoms in total. The van der Waals surface area contributed by atoms with Crippen molar-refractivity contribution in [1.29, 1.82) is 0 Å². The molecule has 2 aromatic heterocycles. The molecule has 0 aliphatic heterocycles. The van der Waals surface area contributed by atoms with Gasteiger partial charge in [0.25, 0.3) is 0 Å². The molecule has 0 saturated carbocycles. The maximum Gasteiger partial charge on any atom is 0.180 e. The molecular weight excluding hydrogens is 262 g/mol. The number of benzene rings is 1. The van der Waals surface area contributed by atoms with Crippen LogP contribution in [0.3, 0.4) is 0 Å². The summed E-state index contributed by atoms with van der Waals surface area (Å²) in [4.78, 5) is 8.84. The minimum absolute atomic E-state index is 0.586. The maximum atomic E-state index is 5.63. The number of hydrogen-bond acceptors (Lipinski definition) is 5. The van der Waals surface area contributed by atoms with Crippen molar-refractivity contribution in [2.45, 2.75) is 6.42 Å². The topological polar surface area (TPSA) is 51.8 Å². The lowest BCUT2D eigenvalue weighted by atomic mass is 10.2. The van der Waals surface area contributed by atoms with Crippen LogP contribution in [-0.4, -0.2) is 9.97 Å². The average molecular weight is 273 g/mol. The van der Waals surface area contributed by atoms with E-state index < -0.39 is 0 Å². The van der Waals surface area contributed by atoms with E-state index in [1.807, 2.05) is 29.0 Å². The highest BCUT2D eigenvalue weighted by atomic mass is 32.1. The molecule has 2 N–H and O–H groups in total. The predicted octanol–water partition coefficient (Wildman–Crippen LogP) is 3.44. The van der Waals surface area contributed by atoms with Gasteiger partial charge < -0.3 is 5.73 Å². The van der Waals surface area contributed by atoms with Crippen LogP contribution >= 0.6 is 22.7 Å². The van der Waals surface area contributed by atoms with Crippen LogP contribution in [0.1, 0.15) is 10.6 Å². The Balaban J connectivity index is 1.82. The van der Waals surface area contributed by atoms with Crippen LogP contribution in [-0.2, 0) is 6.42 Å². The number of aromatic nitrogens is 2. The highest BCUT2D eigenvalue weighted by molar-refractivity contribution is 7.14. The second kappa shape index (κ2) is 4.88. The molecule has 0 saturated heterocycles. The van der Waals surface area contributed by atoms with Gasteiger partial charge in [-0.25, -0.2) is 9.97 Å². The first kappa shape index (κ1) is 11.4. The molecule has 0 unspecified atom stereocenters. The summed E-state index contributed by atoms with van der Waals surface area (Å²) in [6.45, 7) is 0. The van der Waals surface area contributed by atoms with Crippen molar-refractivity contribution in [2.24, 2.45) is 0 Å². The molecule has 2 heterocycles. The third-order valence-electron chi connectivity index (χ3n) is 2.53. The molecule has 0 atom stereocenters. The van der Waals surface area contributed by atoms with Crippen molar-refractivity contribution >= 4 is 27.8 Å². The SMILES string of the molecule is Nc1nc(-c2csc(Cc3ccccc3)n2)cs1. The van der Waals surface area contributed by atoms with E-state index in [0.717, 1.165) is 22.8 Å². The Hall–Kier alpha value is -1.72. The Morgan fingerprint density at radius 1 is 0.944 bits per heavy atom. The van der Waals surface area contributed by atoms with Crippen LogP contribution in [0.15, 0.2) is 41.1 Å². The number of thiazole rings is 2. The second-order valence-corrected chi connectivity index (χ2v) is 5.69. The Morgan fingerprint density at radius 2 is 1.67 bits per heavy atom. The normalized spacial score (nSPS) is 10.7. The first-order valence-electron chi connectivity index (χ1n) is 5.51. The second-order valence-electron chi connectivity index (χ2n) is 3.86. The number of hydrogen-bond donors (Lipinski definition) is 1. The van der Waals surface area contributed by atoms with E-state index in [4.69, 9.17) is 5.73 Å². The summed E-state index contributed by atoms with van der Waals surface area (Å²) in [6.07, 6.45) is 0.866. The van der Waals surface area contributed by atoms with Crippen molar-refractivity contribution in [3.05, 3.63) is 51.7 Å². The van der Waals surface area contributed by atoms with Gasteiger partial charge in [-0.1, -0.05) is 30.3 Å². The van der Waals surface area contributed by atoms with Gasteiger partial charge in [0.1, 0.15) is 11.4 Å². The van der Waals surface area contributed by atoms with Crippen LogP contribution in [0.5, 0.6) is 0 Å². The molecule has 0 bridgehead atoms. The van der Waals surface area contributed by atoms with E-state index in [9.17, 15) is 0 Å². The zero-order valence-corrected chi connectivity index (χ0v) is 11.2. The fourth-order valence-electron chi connectivity index (χ4n) is 1.69. The summed E-state index contributed by atoms with van der Waals surface area (Å²) in [5.74, 6) is 0. The van der Waals surface area contributed by atoms with E-state index in [1.54, 1.807) is 11.3 Å². The summed E-state index contributed by atoms with van der Waals surface area (Å²) in [5, 5.41) is 5.66. The Labute approximate surface area is 113 Å². The number of nitrogen functional groups attached to an aromatic ring is 1. The van der Waals surface area contributed by atoms with Crippen LogP contribution in [0.25, 0.3) is 11.4 Å². The van der Waals surface area contributed by atoms with Crippen molar-refractivity contribution in [2.75, 3.05) is 5.73 Å². The number of rotatable bonds is 3. The predicted molar refractivity (Wildman–Crippen MR) is 76.9 cm³/mol. The van der Waals surface area contributed by atoms with Crippen molar-refractivity contribution in [3.63, 3.8) is 0 Å². The largest absolute Gasteiger partial charge is 0.375 e. The summed E-state index contributed by atoms with van der Waals surface area (Å²) >= 11 is 3.10. The van der Waals surface area contributed by atoms with Crippen LogP contribution in [0.2, 0.25) is 0 Å². The monoisotopic (exact) mass is 273 g/mol. The molecule has 0 fully saturated rings. The van der Waals surface area contributed by atoms with Gasteiger partial charge in [0.2, 0.25) is 0 Å². The summed E-state index contributed by atoms with van der Waals surface area (Å²) in [6, 6.07) is 10.3. The molecule has 0 radical (unpaired) electrons. The Morgan fingerprint density at radius 3 is 2.39 bits per heavy atom. The van der Waals surface area contributed by atoms with Crippen LogP contribution < -0.4 is 5.73 Å². The van der Waals surface area contributed by atoms with Crippen LogP contribution in [0, 0.1) is 0 Å². The van der Waals surface area contributed by atoms with E-state index in [1.165, 1.54) is 16.9 Å². The summed E-state index contributed by atoms with van der Waals surface area (Å²) in [7, 11) is 0. The minimum atomic E-state index is 0.586.